The average Bonchev–Trinajstić information content (AvgIpc) is 3.13. The molecule has 2 unspecified atom stereocenters. The average molecular weight is 582 g/mol. The molecule has 9 heteroatoms. The zero-order valence-electron chi connectivity index (χ0n) is 25.7. The Bertz CT molecular complexity index is 1270. The normalized spacial score (nSPS) is 19.0. The van der Waals surface area contributed by atoms with E-state index in [-0.39, 0.29) is 17.6 Å². The molecule has 0 radical (unpaired) electrons. The predicted octanol–water partition coefficient (Wildman–Crippen LogP) is 4.25. The number of aliphatic imine (C=N–C) groups is 1. The number of aliphatic hydroxyl groups excluding tert-OH is 1. The van der Waals surface area contributed by atoms with Crippen LogP contribution in [0.5, 0.6) is 5.75 Å². The highest BCUT2D eigenvalue weighted by atomic mass is 16.5. The number of nitrogens with one attached hydrogen (secondary N) is 1. The summed E-state index contributed by atoms with van der Waals surface area (Å²) in [5.41, 5.74) is 4.81. The first-order chi connectivity index (χ1) is 20.1. The van der Waals surface area contributed by atoms with E-state index < -0.39 is 18.1 Å². The summed E-state index contributed by atoms with van der Waals surface area (Å²) in [6, 6.07) is 7.18. The molecule has 0 aliphatic carbocycles. The molecule has 0 spiro atoms. The summed E-state index contributed by atoms with van der Waals surface area (Å²) in [6.07, 6.45) is 7.11. The zero-order valence-corrected chi connectivity index (χ0v) is 25.7. The van der Waals surface area contributed by atoms with Crippen LogP contribution in [0.15, 0.2) is 40.2 Å². The summed E-state index contributed by atoms with van der Waals surface area (Å²) in [7, 11) is 1.80. The maximum absolute atomic E-state index is 12.5. The molecule has 0 bridgehead atoms. The van der Waals surface area contributed by atoms with Crippen LogP contribution < -0.4 is 15.6 Å². The Kier molecular flexibility index (Phi) is 11.4. The number of aryl methyl sites for hydroxylation is 3. The van der Waals surface area contributed by atoms with Gasteiger partial charge in [-0.15, -0.1) is 0 Å². The monoisotopic (exact) mass is 581 g/mol. The summed E-state index contributed by atoms with van der Waals surface area (Å²) < 4.78 is 18.5. The number of hydrogen-bond acceptors (Lipinski definition) is 8. The summed E-state index contributed by atoms with van der Waals surface area (Å²) in [4.78, 5) is 30.0. The quantitative estimate of drug-likeness (QED) is 0.285. The molecule has 3 heterocycles. The van der Waals surface area contributed by atoms with Gasteiger partial charge in [-0.3, -0.25) is 19.9 Å². The number of carbonyl (C=O) groups excluding carboxylic acids is 1. The molecule has 0 saturated carbocycles. The van der Waals surface area contributed by atoms with Gasteiger partial charge < -0.3 is 23.9 Å². The van der Waals surface area contributed by atoms with Crippen LogP contribution in [0.4, 0.5) is 5.69 Å². The van der Waals surface area contributed by atoms with Crippen LogP contribution in [-0.4, -0.2) is 66.0 Å². The van der Waals surface area contributed by atoms with Crippen LogP contribution in [0.25, 0.3) is 0 Å². The smallest absolute Gasteiger partial charge is 0.326 e. The number of aliphatic hydroxyl groups is 1. The van der Waals surface area contributed by atoms with E-state index in [1.807, 2.05) is 31.3 Å². The summed E-state index contributed by atoms with van der Waals surface area (Å²) in [5.74, 6) is 1.18. The third kappa shape index (κ3) is 8.52. The van der Waals surface area contributed by atoms with Gasteiger partial charge in [-0.05, 0) is 89.8 Å². The van der Waals surface area contributed by atoms with E-state index in [9.17, 15) is 14.7 Å². The Hall–Kier alpha value is -3.01. The van der Waals surface area contributed by atoms with Gasteiger partial charge in [0.25, 0.3) is 5.56 Å². The lowest BCUT2D eigenvalue weighted by molar-refractivity contribution is -0.152. The molecule has 1 saturated heterocycles. The second-order valence-electron chi connectivity index (χ2n) is 12.0. The molecule has 42 heavy (non-hydrogen) atoms. The van der Waals surface area contributed by atoms with Gasteiger partial charge >= 0.3 is 5.97 Å². The molecule has 2 N–H and O–H groups in total. The number of hydrogen-bond donors (Lipinski definition) is 2. The lowest BCUT2D eigenvalue weighted by Crippen LogP contribution is -2.47. The minimum absolute atomic E-state index is 0.00622. The Morgan fingerprint density at radius 3 is 2.62 bits per heavy atom. The van der Waals surface area contributed by atoms with Gasteiger partial charge in [-0.25, -0.2) is 0 Å². The topological polar surface area (TPSA) is 111 Å². The van der Waals surface area contributed by atoms with Crippen LogP contribution >= 0.6 is 0 Å². The van der Waals surface area contributed by atoms with Crippen LogP contribution in [0.1, 0.15) is 69.6 Å². The fraction of sp³-hybridized carbons (Fsp3) is 0.606. The van der Waals surface area contributed by atoms with Gasteiger partial charge in [-0.1, -0.05) is 6.07 Å². The lowest BCUT2D eigenvalue weighted by Gasteiger charge is -2.25. The van der Waals surface area contributed by atoms with Gasteiger partial charge in [-0.2, -0.15) is 0 Å². The van der Waals surface area contributed by atoms with Crippen molar-refractivity contribution in [3.05, 3.63) is 57.5 Å². The van der Waals surface area contributed by atoms with Crippen molar-refractivity contribution in [2.75, 3.05) is 26.4 Å². The largest absolute Gasteiger partial charge is 0.492 e. The molecule has 2 aliphatic rings. The highest BCUT2D eigenvalue weighted by Crippen LogP contribution is 2.35. The molecular weight excluding hydrogens is 534 g/mol. The zero-order chi connectivity index (χ0) is 30.2. The van der Waals surface area contributed by atoms with Crippen LogP contribution in [0.3, 0.4) is 0 Å². The van der Waals surface area contributed by atoms with Crippen molar-refractivity contribution < 1.29 is 24.1 Å². The van der Waals surface area contributed by atoms with E-state index in [4.69, 9.17) is 19.2 Å². The summed E-state index contributed by atoms with van der Waals surface area (Å²) >= 11 is 0. The summed E-state index contributed by atoms with van der Waals surface area (Å²) in [5, 5.41) is 13.1. The minimum atomic E-state index is -0.892. The number of aromatic nitrogens is 1. The number of carbonyl (C=O) groups is 1. The first kappa shape index (κ1) is 31.9. The van der Waals surface area contributed by atoms with Crippen LogP contribution in [0.2, 0.25) is 0 Å². The molecule has 230 valence electrons. The standard InChI is InChI=1S/C33H47N3O6/c1-21(2)42-33(39)30(23(4)37)34-14-17-41-28-11-10-25-8-9-26(7-6-24-12-15-40-16-13-24)31(35-29(25)19-28)27-18-22(3)32(38)36(5)20-27/h10-11,18-21,23-24,26,30,34,37H,6-9,12-17H2,1-5H3/t23?,26?,30-/m0/s1. The van der Waals surface area contributed by atoms with Crippen LogP contribution in [0, 0.1) is 18.8 Å². The van der Waals surface area contributed by atoms with Crippen molar-refractivity contribution in [2.45, 2.75) is 84.5 Å². The van der Waals surface area contributed by atoms with E-state index in [0.29, 0.717) is 30.4 Å². The molecule has 3 atom stereocenters. The maximum Gasteiger partial charge on any atom is 0.326 e. The lowest BCUT2D eigenvalue weighted by atomic mass is 9.84. The molecule has 1 aromatic heterocycles. The Labute approximate surface area is 249 Å². The maximum atomic E-state index is 12.5. The highest BCUT2D eigenvalue weighted by molar-refractivity contribution is 6.04. The van der Waals surface area contributed by atoms with Crippen molar-refractivity contribution in [3.63, 3.8) is 0 Å². The third-order valence-electron chi connectivity index (χ3n) is 8.19. The molecule has 0 amide bonds. The molecule has 1 fully saturated rings. The number of nitrogens with zero attached hydrogens (tertiary/aromatic N) is 2. The van der Waals surface area contributed by atoms with Gasteiger partial charge in [0, 0.05) is 56.1 Å². The Morgan fingerprint density at radius 2 is 1.93 bits per heavy atom. The molecule has 2 aromatic rings. The number of ether oxygens (including phenoxy) is 3. The Balaban J connectivity index is 1.51. The SMILES string of the molecule is Cc1cc(C2=Nc3cc(OCCN[C@H](C(=O)OC(C)C)C(C)O)ccc3CCC2CCC2CCOCC2)cn(C)c1=O. The highest BCUT2D eigenvalue weighted by Gasteiger charge is 2.27. The van der Waals surface area contributed by atoms with E-state index >= 15 is 0 Å². The van der Waals surface area contributed by atoms with E-state index in [1.165, 1.54) is 5.56 Å². The van der Waals surface area contributed by atoms with Crippen molar-refractivity contribution in [3.8, 4) is 5.75 Å². The fourth-order valence-electron chi connectivity index (χ4n) is 5.85. The predicted molar refractivity (Wildman–Crippen MR) is 164 cm³/mol. The minimum Gasteiger partial charge on any atom is -0.492 e. The van der Waals surface area contributed by atoms with E-state index in [2.05, 4.69) is 11.4 Å². The van der Waals surface area contributed by atoms with Gasteiger partial charge in [0.2, 0.25) is 0 Å². The number of fused-ring (bicyclic) bond motifs is 1. The van der Waals surface area contributed by atoms with Crippen molar-refractivity contribution in [1.82, 2.24) is 9.88 Å². The van der Waals surface area contributed by atoms with Crippen molar-refractivity contribution >= 4 is 17.4 Å². The molecule has 4 rings (SSSR count). The summed E-state index contributed by atoms with van der Waals surface area (Å²) in [6.45, 7) is 9.34. The van der Waals surface area contributed by atoms with Crippen molar-refractivity contribution in [2.24, 2.45) is 23.9 Å². The van der Waals surface area contributed by atoms with Crippen molar-refractivity contribution in [1.29, 1.82) is 0 Å². The van der Waals surface area contributed by atoms with Gasteiger partial charge in [0.15, 0.2) is 0 Å². The second-order valence-corrected chi connectivity index (χ2v) is 12.0. The molecule has 9 nitrogen and oxygen atoms in total. The number of esters is 1. The first-order valence-electron chi connectivity index (χ1n) is 15.3. The van der Waals surface area contributed by atoms with Crippen LogP contribution in [-0.2, 0) is 27.7 Å². The Morgan fingerprint density at radius 1 is 1.17 bits per heavy atom. The number of benzene rings is 1. The number of rotatable bonds is 12. The second kappa shape index (κ2) is 14.9. The molecule has 2 aliphatic heterocycles. The fourth-order valence-corrected chi connectivity index (χ4v) is 5.85. The first-order valence-corrected chi connectivity index (χ1v) is 15.3. The number of pyridine rings is 1. The molecule has 1 aromatic carbocycles. The third-order valence-corrected chi connectivity index (χ3v) is 8.19. The van der Waals surface area contributed by atoms with E-state index in [1.54, 1.807) is 32.4 Å². The van der Waals surface area contributed by atoms with E-state index in [0.717, 1.165) is 68.7 Å². The van der Waals surface area contributed by atoms with Gasteiger partial charge in [0.05, 0.1) is 23.6 Å². The molecular formula is C33H47N3O6. The van der Waals surface area contributed by atoms with Gasteiger partial charge in [0.1, 0.15) is 18.4 Å².